The van der Waals surface area contributed by atoms with Crippen molar-refractivity contribution in [2.45, 2.75) is 13.1 Å². The summed E-state index contributed by atoms with van der Waals surface area (Å²) in [5.41, 5.74) is 3.18. The van der Waals surface area contributed by atoms with Crippen LogP contribution >= 0.6 is 0 Å². The van der Waals surface area contributed by atoms with Crippen LogP contribution in [0.1, 0.15) is 11.1 Å². The molecule has 25 heavy (non-hydrogen) atoms. The smallest absolute Gasteiger partial charge is 0.184 e. The Morgan fingerprint density at radius 2 is 1.80 bits per heavy atom. The number of rotatable bonds is 5. The number of halogens is 1. The normalized spacial score (nSPS) is 10.9. The molecule has 7 heteroatoms. The second-order valence-corrected chi connectivity index (χ2v) is 5.61. The maximum atomic E-state index is 13.3. The molecular weight excluding hydrogens is 319 g/mol. The second-order valence-electron chi connectivity index (χ2n) is 5.61. The van der Waals surface area contributed by atoms with Gasteiger partial charge in [-0.2, -0.15) is 0 Å². The Balaban J connectivity index is 1.58. The molecular formula is C18H15FN6. The summed E-state index contributed by atoms with van der Waals surface area (Å²) in [6.07, 6.45) is 1.47. The monoisotopic (exact) mass is 334 g/mol. The van der Waals surface area contributed by atoms with E-state index in [1.807, 2.05) is 36.4 Å². The molecule has 0 spiro atoms. The van der Waals surface area contributed by atoms with E-state index in [0.29, 0.717) is 30.1 Å². The first kappa shape index (κ1) is 15.2. The third kappa shape index (κ3) is 3.30. The minimum Gasteiger partial charge on any atom is -0.364 e. The third-order valence-electron chi connectivity index (χ3n) is 3.82. The summed E-state index contributed by atoms with van der Waals surface area (Å²) in [5.74, 6) is 0.314. The zero-order chi connectivity index (χ0) is 17.1. The van der Waals surface area contributed by atoms with Gasteiger partial charge in [0.1, 0.15) is 12.1 Å². The standard InChI is InChI=1S/C18H15FN6/c19-15-8-4-7-14(9-15)10-20-17-16-18(22-12-21-17)25(24-23-16)11-13-5-2-1-3-6-13/h1-9,12H,10-11H2,(H,20,21,22). The van der Waals surface area contributed by atoms with Crippen LogP contribution in [0.3, 0.4) is 0 Å². The molecule has 0 bridgehead atoms. The van der Waals surface area contributed by atoms with Crippen molar-refractivity contribution in [2.75, 3.05) is 5.32 Å². The highest BCUT2D eigenvalue weighted by Gasteiger charge is 2.12. The molecule has 0 aliphatic heterocycles. The zero-order valence-corrected chi connectivity index (χ0v) is 13.3. The van der Waals surface area contributed by atoms with Crippen molar-refractivity contribution in [1.29, 1.82) is 0 Å². The number of benzene rings is 2. The third-order valence-corrected chi connectivity index (χ3v) is 3.82. The Bertz CT molecular complexity index is 999. The van der Waals surface area contributed by atoms with Crippen molar-refractivity contribution in [3.8, 4) is 0 Å². The summed E-state index contributed by atoms with van der Waals surface area (Å²) in [4.78, 5) is 8.53. The summed E-state index contributed by atoms with van der Waals surface area (Å²) >= 11 is 0. The van der Waals surface area contributed by atoms with Gasteiger partial charge < -0.3 is 5.32 Å². The molecule has 0 atom stereocenters. The van der Waals surface area contributed by atoms with Crippen molar-refractivity contribution in [3.05, 3.63) is 77.9 Å². The van der Waals surface area contributed by atoms with Gasteiger partial charge in [0.2, 0.25) is 0 Å². The van der Waals surface area contributed by atoms with Crippen molar-refractivity contribution < 1.29 is 4.39 Å². The molecule has 124 valence electrons. The molecule has 0 saturated carbocycles. The number of anilines is 1. The molecule has 0 fully saturated rings. The molecule has 4 rings (SSSR count). The molecule has 0 saturated heterocycles. The average Bonchev–Trinajstić information content (AvgIpc) is 3.04. The van der Waals surface area contributed by atoms with Crippen LogP contribution in [0.5, 0.6) is 0 Å². The molecule has 1 N–H and O–H groups in total. The van der Waals surface area contributed by atoms with Crippen LogP contribution in [0.25, 0.3) is 11.2 Å². The van der Waals surface area contributed by atoms with E-state index in [-0.39, 0.29) is 5.82 Å². The number of hydrogen-bond acceptors (Lipinski definition) is 5. The van der Waals surface area contributed by atoms with Gasteiger partial charge in [-0.3, -0.25) is 0 Å². The molecule has 0 amide bonds. The Labute approximate surface area is 143 Å². The Morgan fingerprint density at radius 1 is 0.960 bits per heavy atom. The lowest BCUT2D eigenvalue weighted by Gasteiger charge is -2.06. The van der Waals surface area contributed by atoms with E-state index in [2.05, 4.69) is 25.6 Å². The number of aromatic nitrogens is 5. The molecule has 0 aliphatic carbocycles. The minimum absolute atomic E-state index is 0.263. The highest BCUT2D eigenvalue weighted by molar-refractivity contribution is 5.81. The maximum absolute atomic E-state index is 13.3. The number of nitrogens with one attached hydrogen (secondary N) is 1. The van der Waals surface area contributed by atoms with Gasteiger partial charge in [-0.15, -0.1) is 5.10 Å². The highest BCUT2D eigenvalue weighted by Crippen LogP contribution is 2.18. The number of fused-ring (bicyclic) bond motifs is 1. The van der Waals surface area contributed by atoms with Gasteiger partial charge in [0.25, 0.3) is 0 Å². The number of hydrogen-bond donors (Lipinski definition) is 1. The molecule has 2 heterocycles. The number of nitrogens with zero attached hydrogens (tertiary/aromatic N) is 5. The van der Waals surface area contributed by atoms with Gasteiger partial charge in [0, 0.05) is 6.54 Å². The molecule has 2 aromatic heterocycles. The summed E-state index contributed by atoms with van der Waals surface area (Å²) in [6.45, 7) is 1.02. The fraction of sp³-hybridized carbons (Fsp3) is 0.111. The lowest BCUT2D eigenvalue weighted by Crippen LogP contribution is -2.05. The van der Waals surface area contributed by atoms with Gasteiger partial charge in [-0.05, 0) is 23.3 Å². The van der Waals surface area contributed by atoms with E-state index in [9.17, 15) is 4.39 Å². The molecule has 0 aliphatic rings. The van der Waals surface area contributed by atoms with Gasteiger partial charge in [-0.1, -0.05) is 47.7 Å². The molecule has 0 radical (unpaired) electrons. The predicted octanol–water partition coefficient (Wildman–Crippen LogP) is 3.02. The summed E-state index contributed by atoms with van der Waals surface area (Å²) in [6, 6.07) is 16.4. The first-order valence-electron chi connectivity index (χ1n) is 7.86. The second kappa shape index (κ2) is 6.64. The Morgan fingerprint density at radius 3 is 2.64 bits per heavy atom. The van der Waals surface area contributed by atoms with E-state index in [1.54, 1.807) is 10.7 Å². The van der Waals surface area contributed by atoms with Crippen LogP contribution in [-0.4, -0.2) is 25.0 Å². The largest absolute Gasteiger partial charge is 0.364 e. The van der Waals surface area contributed by atoms with E-state index in [1.165, 1.54) is 18.5 Å². The van der Waals surface area contributed by atoms with E-state index >= 15 is 0 Å². The Hall–Kier alpha value is -3.35. The maximum Gasteiger partial charge on any atom is 0.184 e. The van der Waals surface area contributed by atoms with Crippen LogP contribution in [-0.2, 0) is 13.1 Å². The quantitative estimate of drug-likeness (QED) is 0.607. The van der Waals surface area contributed by atoms with Crippen LogP contribution in [0.15, 0.2) is 60.9 Å². The minimum atomic E-state index is -0.263. The van der Waals surface area contributed by atoms with Gasteiger partial charge in [-0.25, -0.2) is 19.0 Å². The molecule has 0 unspecified atom stereocenters. The molecule has 2 aromatic carbocycles. The van der Waals surface area contributed by atoms with Crippen LogP contribution in [0.2, 0.25) is 0 Å². The van der Waals surface area contributed by atoms with Gasteiger partial charge in [0.15, 0.2) is 17.0 Å². The SMILES string of the molecule is Fc1cccc(CNc2ncnc3c2nnn3Cc2ccccc2)c1. The summed E-state index contributed by atoms with van der Waals surface area (Å²) in [7, 11) is 0. The highest BCUT2D eigenvalue weighted by atomic mass is 19.1. The van der Waals surface area contributed by atoms with Crippen LogP contribution < -0.4 is 5.32 Å². The predicted molar refractivity (Wildman–Crippen MR) is 92.4 cm³/mol. The van der Waals surface area contributed by atoms with Crippen molar-refractivity contribution in [1.82, 2.24) is 25.0 Å². The van der Waals surface area contributed by atoms with Crippen LogP contribution in [0.4, 0.5) is 10.2 Å². The first-order chi connectivity index (χ1) is 12.3. The lowest BCUT2D eigenvalue weighted by molar-refractivity contribution is 0.626. The van der Waals surface area contributed by atoms with Crippen LogP contribution in [0, 0.1) is 5.82 Å². The molecule has 4 aromatic rings. The average molecular weight is 334 g/mol. The Kier molecular flexibility index (Phi) is 4.04. The van der Waals surface area contributed by atoms with E-state index < -0.39 is 0 Å². The fourth-order valence-corrected chi connectivity index (χ4v) is 2.62. The van der Waals surface area contributed by atoms with Crippen molar-refractivity contribution in [2.24, 2.45) is 0 Å². The van der Waals surface area contributed by atoms with E-state index in [4.69, 9.17) is 0 Å². The first-order valence-corrected chi connectivity index (χ1v) is 7.86. The van der Waals surface area contributed by atoms with Gasteiger partial charge in [0.05, 0.1) is 6.54 Å². The van der Waals surface area contributed by atoms with E-state index in [0.717, 1.165) is 11.1 Å². The van der Waals surface area contributed by atoms with Crippen molar-refractivity contribution in [3.63, 3.8) is 0 Å². The topological polar surface area (TPSA) is 68.5 Å². The summed E-state index contributed by atoms with van der Waals surface area (Å²) in [5, 5.41) is 11.6. The summed E-state index contributed by atoms with van der Waals surface area (Å²) < 4.78 is 15.0. The zero-order valence-electron chi connectivity index (χ0n) is 13.3. The van der Waals surface area contributed by atoms with Gasteiger partial charge >= 0.3 is 0 Å². The lowest BCUT2D eigenvalue weighted by atomic mass is 10.2. The fourth-order valence-electron chi connectivity index (χ4n) is 2.62. The van der Waals surface area contributed by atoms with Crippen molar-refractivity contribution >= 4 is 17.0 Å². The molecule has 6 nitrogen and oxygen atoms in total.